The zero-order chi connectivity index (χ0) is 23.9. The normalized spacial score (nSPS) is 10.7. The van der Waals surface area contributed by atoms with Crippen LogP contribution in [0.4, 0.5) is 10.1 Å². The molecule has 34 heavy (non-hydrogen) atoms. The number of para-hydroxylation sites is 1. The number of carbonyl (C=O) groups is 1. The zero-order valence-electron chi connectivity index (χ0n) is 17.9. The monoisotopic (exact) mass is 499 g/mol. The van der Waals surface area contributed by atoms with E-state index >= 15 is 0 Å². The van der Waals surface area contributed by atoms with Crippen molar-refractivity contribution in [2.45, 2.75) is 11.8 Å². The van der Waals surface area contributed by atoms with Gasteiger partial charge in [0.1, 0.15) is 23.9 Å². The van der Waals surface area contributed by atoms with Gasteiger partial charge in [0, 0.05) is 6.20 Å². The van der Waals surface area contributed by atoms with E-state index in [0.29, 0.717) is 28.2 Å². The van der Waals surface area contributed by atoms with E-state index < -0.39 is 5.82 Å². The predicted molar refractivity (Wildman–Crippen MR) is 127 cm³/mol. The van der Waals surface area contributed by atoms with Crippen molar-refractivity contribution in [3.05, 3.63) is 83.7 Å². The van der Waals surface area contributed by atoms with E-state index in [-0.39, 0.29) is 29.1 Å². The number of pyridine rings is 1. The number of methoxy groups -OCH3 is 1. The number of amides is 1. The Bertz CT molecular complexity index is 1290. The first-order valence-electron chi connectivity index (χ1n) is 10.0. The number of anilines is 1. The molecule has 8 nitrogen and oxygen atoms in total. The quantitative estimate of drug-likeness (QED) is 0.262. The molecule has 0 aliphatic heterocycles. The highest BCUT2D eigenvalue weighted by Crippen LogP contribution is 2.26. The predicted octanol–water partition coefficient (Wildman–Crippen LogP) is 4.77. The summed E-state index contributed by atoms with van der Waals surface area (Å²) in [5, 5.41) is 11.6. The van der Waals surface area contributed by atoms with Gasteiger partial charge in [0.25, 0.3) is 0 Å². The largest absolute Gasteiger partial charge is 0.497 e. The first-order chi connectivity index (χ1) is 16.5. The second-order valence-electron chi connectivity index (χ2n) is 6.83. The van der Waals surface area contributed by atoms with Crippen LogP contribution in [0.5, 0.6) is 11.5 Å². The molecule has 0 unspecified atom stereocenters. The molecule has 2 aromatic carbocycles. The maximum atomic E-state index is 14.6. The fourth-order valence-corrected chi connectivity index (χ4v) is 3.91. The highest BCUT2D eigenvalue weighted by Gasteiger charge is 2.19. The fraction of sp³-hybridized carbons (Fsp3) is 0.130. The van der Waals surface area contributed by atoms with Gasteiger partial charge < -0.3 is 14.8 Å². The number of nitrogens with one attached hydrogen (secondary N) is 1. The van der Waals surface area contributed by atoms with Gasteiger partial charge in [-0.3, -0.25) is 9.36 Å². The minimum absolute atomic E-state index is 0.00283. The molecule has 0 fully saturated rings. The molecular weight excluding hydrogens is 481 g/mol. The van der Waals surface area contributed by atoms with Crippen molar-refractivity contribution in [1.29, 1.82) is 0 Å². The number of halogens is 2. The number of thioether (sulfide) groups is 1. The maximum absolute atomic E-state index is 14.6. The van der Waals surface area contributed by atoms with Crippen molar-refractivity contribution in [3.8, 4) is 17.2 Å². The minimum atomic E-state index is -0.457. The van der Waals surface area contributed by atoms with Gasteiger partial charge in [-0.2, -0.15) is 0 Å². The topological polar surface area (TPSA) is 91.2 Å². The van der Waals surface area contributed by atoms with E-state index in [2.05, 4.69) is 20.5 Å². The summed E-state index contributed by atoms with van der Waals surface area (Å²) in [5.41, 5.74) is 0.651. The summed E-state index contributed by atoms with van der Waals surface area (Å²) >= 11 is 7.10. The lowest BCUT2D eigenvalue weighted by molar-refractivity contribution is -0.113. The number of hydrogen-bond donors (Lipinski definition) is 1. The molecule has 0 saturated heterocycles. The molecule has 0 radical (unpaired) electrons. The van der Waals surface area contributed by atoms with Crippen molar-refractivity contribution in [3.63, 3.8) is 0 Å². The number of ether oxygens (including phenoxy) is 2. The van der Waals surface area contributed by atoms with Crippen LogP contribution in [0.3, 0.4) is 0 Å². The van der Waals surface area contributed by atoms with Crippen LogP contribution in [-0.2, 0) is 11.4 Å². The van der Waals surface area contributed by atoms with Gasteiger partial charge in [0.15, 0.2) is 16.1 Å². The first kappa shape index (κ1) is 23.5. The van der Waals surface area contributed by atoms with Crippen LogP contribution in [0.15, 0.2) is 72.0 Å². The number of aromatic nitrogens is 4. The van der Waals surface area contributed by atoms with Crippen molar-refractivity contribution in [2.75, 3.05) is 18.2 Å². The number of nitrogens with zero attached hydrogens (tertiary/aromatic N) is 4. The smallest absolute Gasteiger partial charge is 0.234 e. The molecule has 0 saturated carbocycles. The Morgan fingerprint density at radius 2 is 1.85 bits per heavy atom. The van der Waals surface area contributed by atoms with Crippen molar-refractivity contribution in [2.24, 2.45) is 0 Å². The van der Waals surface area contributed by atoms with Gasteiger partial charge in [0.2, 0.25) is 5.91 Å². The third-order valence-electron chi connectivity index (χ3n) is 4.59. The molecule has 11 heteroatoms. The number of carbonyl (C=O) groups excluding carboxylic acids is 1. The van der Waals surface area contributed by atoms with Crippen molar-refractivity contribution >= 4 is 35.0 Å². The maximum Gasteiger partial charge on any atom is 0.234 e. The van der Waals surface area contributed by atoms with Crippen molar-refractivity contribution < 1.29 is 18.7 Å². The summed E-state index contributed by atoms with van der Waals surface area (Å²) in [6.45, 7) is 0.0334. The Balaban J connectivity index is 1.52. The lowest BCUT2D eigenvalue weighted by Gasteiger charge is -2.12. The fourth-order valence-electron chi connectivity index (χ4n) is 2.98. The summed E-state index contributed by atoms with van der Waals surface area (Å²) in [5.74, 6) is 0.883. The highest BCUT2D eigenvalue weighted by atomic mass is 35.5. The molecule has 0 aliphatic carbocycles. The zero-order valence-corrected chi connectivity index (χ0v) is 19.5. The van der Waals surface area contributed by atoms with E-state index in [0.717, 1.165) is 11.8 Å². The van der Waals surface area contributed by atoms with E-state index in [1.54, 1.807) is 61.7 Å². The Morgan fingerprint density at radius 3 is 2.59 bits per heavy atom. The Morgan fingerprint density at radius 1 is 1.09 bits per heavy atom. The Hall–Kier alpha value is -3.63. The number of rotatable bonds is 9. The second kappa shape index (κ2) is 11.0. The van der Waals surface area contributed by atoms with E-state index in [1.807, 2.05) is 0 Å². The average Bonchev–Trinajstić information content (AvgIpc) is 3.26. The van der Waals surface area contributed by atoms with Gasteiger partial charge in [-0.1, -0.05) is 35.5 Å². The van der Waals surface area contributed by atoms with Crippen molar-refractivity contribution in [1.82, 2.24) is 19.7 Å². The van der Waals surface area contributed by atoms with Gasteiger partial charge >= 0.3 is 0 Å². The Kier molecular flexibility index (Phi) is 7.61. The first-order valence-corrected chi connectivity index (χ1v) is 11.4. The van der Waals surface area contributed by atoms with E-state index in [4.69, 9.17) is 21.1 Å². The standard InChI is InChI=1S/C23H19ClFN5O3S/c1-32-15-8-10-16(11-9-15)33-13-20-28-29-23(30(20)19-7-3-2-5-17(19)25)34-14-21(31)27-18-6-4-12-26-22(18)24/h2-12H,13-14H2,1H3,(H,27,31). The lowest BCUT2D eigenvalue weighted by Crippen LogP contribution is -2.15. The van der Waals surface area contributed by atoms with Crippen LogP contribution in [0.25, 0.3) is 5.69 Å². The van der Waals surface area contributed by atoms with E-state index in [1.165, 1.54) is 16.8 Å². The summed E-state index contributed by atoms with van der Waals surface area (Å²) in [6.07, 6.45) is 1.53. The van der Waals surface area contributed by atoms with Crippen LogP contribution < -0.4 is 14.8 Å². The highest BCUT2D eigenvalue weighted by molar-refractivity contribution is 7.99. The average molecular weight is 500 g/mol. The van der Waals surface area contributed by atoms with Gasteiger partial charge in [0.05, 0.1) is 24.2 Å². The summed E-state index contributed by atoms with van der Waals surface area (Å²) in [6, 6.07) is 16.6. The van der Waals surface area contributed by atoms with E-state index in [9.17, 15) is 9.18 Å². The molecular formula is C23H19ClFN5O3S. The molecule has 0 aliphatic rings. The van der Waals surface area contributed by atoms with Gasteiger partial charge in [-0.25, -0.2) is 9.37 Å². The summed E-state index contributed by atoms with van der Waals surface area (Å²) in [4.78, 5) is 16.4. The lowest BCUT2D eigenvalue weighted by atomic mass is 10.3. The SMILES string of the molecule is COc1ccc(OCc2nnc(SCC(=O)Nc3cccnc3Cl)n2-c2ccccc2F)cc1. The third kappa shape index (κ3) is 5.64. The third-order valence-corrected chi connectivity index (χ3v) is 5.82. The number of hydrogen-bond acceptors (Lipinski definition) is 7. The molecule has 1 amide bonds. The van der Waals surface area contributed by atoms with Crippen LogP contribution in [0.1, 0.15) is 5.82 Å². The molecule has 2 aromatic heterocycles. The van der Waals surface area contributed by atoms with Crippen LogP contribution in [0, 0.1) is 5.82 Å². The van der Waals surface area contributed by atoms with Gasteiger partial charge in [-0.15, -0.1) is 10.2 Å². The molecule has 0 atom stereocenters. The molecule has 0 bridgehead atoms. The summed E-state index contributed by atoms with van der Waals surface area (Å²) in [7, 11) is 1.58. The molecule has 174 valence electrons. The van der Waals surface area contributed by atoms with Crippen LogP contribution in [-0.4, -0.2) is 38.5 Å². The molecule has 4 aromatic rings. The number of benzene rings is 2. The van der Waals surface area contributed by atoms with Crippen LogP contribution in [0.2, 0.25) is 5.15 Å². The Labute approximate surface area is 204 Å². The van der Waals surface area contributed by atoms with Crippen LogP contribution >= 0.6 is 23.4 Å². The van der Waals surface area contributed by atoms with Gasteiger partial charge in [-0.05, 0) is 48.5 Å². The molecule has 0 spiro atoms. The molecule has 4 rings (SSSR count). The second-order valence-corrected chi connectivity index (χ2v) is 8.13. The molecule has 1 N–H and O–H groups in total. The minimum Gasteiger partial charge on any atom is -0.497 e. The molecule has 2 heterocycles. The summed E-state index contributed by atoms with van der Waals surface area (Å²) < 4.78 is 27.1.